The number of hydrogen-bond donors (Lipinski definition) is 1. The third-order valence-corrected chi connectivity index (χ3v) is 6.37. The van der Waals surface area contributed by atoms with E-state index in [0.717, 1.165) is 15.6 Å². The number of alkyl halides is 1. The maximum absolute atomic E-state index is 13.4. The van der Waals surface area contributed by atoms with Crippen LogP contribution in [0, 0.1) is 0 Å². The van der Waals surface area contributed by atoms with Crippen molar-refractivity contribution in [3.05, 3.63) is 14.7 Å². The molecule has 2 atom stereocenters. The summed E-state index contributed by atoms with van der Waals surface area (Å²) in [7, 11) is -4.09. The zero-order chi connectivity index (χ0) is 14.4. The van der Waals surface area contributed by atoms with E-state index in [2.05, 4.69) is 0 Å². The van der Waals surface area contributed by atoms with Crippen LogP contribution in [0.3, 0.4) is 0 Å². The first-order chi connectivity index (χ1) is 8.73. The average Bonchev–Trinajstić information content (AvgIpc) is 2.82. The Hall–Kier alpha value is -0.410. The van der Waals surface area contributed by atoms with Gasteiger partial charge in [-0.05, 0) is 6.07 Å². The van der Waals surface area contributed by atoms with Gasteiger partial charge in [0.05, 0.1) is 4.34 Å². The monoisotopic (exact) mass is 346 g/mol. The van der Waals surface area contributed by atoms with Gasteiger partial charge in [0, 0.05) is 13.0 Å². The molecule has 10 heteroatoms. The first kappa shape index (κ1) is 15.0. The Bertz CT molecular complexity index is 619. The van der Waals surface area contributed by atoms with Crippen LogP contribution in [0.25, 0.3) is 0 Å². The fourth-order valence-electron chi connectivity index (χ4n) is 1.91. The highest BCUT2D eigenvalue weighted by atomic mass is 35.5. The van der Waals surface area contributed by atoms with Crippen LogP contribution in [0.5, 0.6) is 0 Å². The molecule has 1 aromatic heterocycles. The lowest BCUT2D eigenvalue weighted by Gasteiger charge is -2.20. The highest BCUT2D eigenvalue weighted by molar-refractivity contribution is 7.89. The van der Waals surface area contributed by atoms with Crippen LogP contribution in [0.15, 0.2) is 11.0 Å². The number of nitrogens with two attached hydrogens (primary N) is 1. The molecular formula is C9H9Cl2FN2O3S2. The number of primary amides is 1. The molecule has 1 aliphatic rings. The minimum absolute atomic E-state index is 0.0319. The van der Waals surface area contributed by atoms with E-state index in [-0.39, 0.29) is 20.0 Å². The molecule has 1 saturated heterocycles. The van der Waals surface area contributed by atoms with E-state index in [4.69, 9.17) is 28.9 Å². The molecule has 0 saturated carbocycles. The standard InChI is InChI=1S/C9H9Cl2FN2O3S2/c10-7-2-6(8(11)18-7)19(16,17)14-3-4(12)1-5(14)9(13)15/h2,4-5H,1,3H2,(H2,13,15)/t4-,5+/m1/s1. The van der Waals surface area contributed by atoms with E-state index >= 15 is 0 Å². The number of rotatable bonds is 3. The minimum Gasteiger partial charge on any atom is -0.368 e. The number of halogens is 3. The molecule has 1 aromatic rings. The van der Waals surface area contributed by atoms with Crippen LogP contribution in [-0.4, -0.2) is 37.4 Å². The summed E-state index contributed by atoms with van der Waals surface area (Å²) in [4.78, 5) is 11.0. The summed E-state index contributed by atoms with van der Waals surface area (Å²) < 4.78 is 39.0. The second kappa shape index (κ2) is 5.17. The Morgan fingerprint density at radius 3 is 2.63 bits per heavy atom. The summed E-state index contributed by atoms with van der Waals surface area (Å²) >= 11 is 12.4. The predicted octanol–water partition coefficient (Wildman–Crippen LogP) is 1.64. The van der Waals surface area contributed by atoms with Gasteiger partial charge < -0.3 is 5.73 Å². The van der Waals surface area contributed by atoms with Crippen LogP contribution in [-0.2, 0) is 14.8 Å². The van der Waals surface area contributed by atoms with Crippen LogP contribution in [0.2, 0.25) is 8.67 Å². The Balaban J connectivity index is 2.44. The fraction of sp³-hybridized carbons (Fsp3) is 0.444. The largest absolute Gasteiger partial charge is 0.368 e. The smallest absolute Gasteiger partial charge is 0.246 e. The van der Waals surface area contributed by atoms with Gasteiger partial charge in [0.25, 0.3) is 0 Å². The number of thiophene rings is 1. The highest BCUT2D eigenvalue weighted by Crippen LogP contribution is 2.38. The van der Waals surface area contributed by atoms with E-state index in [1.807, 2.05) is 0 Å². The lowest BCUT2D eigenvalue weighted by molar-refractivity contribution is -0.121. The molecule has 2 heterocycles. The normalized spacial score (nSPS) is 24.8. The molecular weight excluding hydrogens is 338 g/mol. The molecule has 0 spiro atoms. The second-order valence-electron chi connectivity index (χ2n) is 4.01. The Labute approximate surface area is 123 Å². The molecule has 2 N–H and O–H groups in total. The van der Waals surface area contributed by atoms with Gasteiger partial charge in [0.2, 0.25) is 15.9 Å². The Kier molecular flexibility index (Phi) is 4.08. The average molecular weight is 347 g/mol. The van der Waals surface area contributed by atoms with Crippen molar-refractivity contribution in [2.75, 3.05) is 6.54 Å². The third kappa shape index (κ3) is 2.73. The first-order valence-electron chi connectivity index (χ1n) is 5.13. The lowest BCUT2D eigenvalue weighted by Crippen LogP contribution is -2.43. The minimum atomic E-state index is -4.09. The van der Waals surface area contributed by atoms with Crippen LogP contribution < -0.4 is 5.73 Å². The molecule has 0 bridgehead atoms. The molecule has 0 unspecified atom stereocenters. The molecule has 1 amide bonds. The van der Waals surface area contributed by atoms with E-state index in [9.17, 15) is 17.6 Å². The van der Waals surface area contributed by atoms with Gasteiger partial charge >= 0.3 is 0 Å². The van der Waals surface area contributed by atoms with E-state index in [1.54, 1.807) is 0 Å². The van der Waals surface area contributed by atoms with Crippen molar-refractivity contribution in [2.24, 2.45) is 5.73 Å². The van der Waals surface area contributed by atoms with Crippen molar-refractivity contribution in [3.8, 4) is 0 Å². The van der Waals surface area contributed by atoms with Crippen molar-refractivity contribution in [1.82, 2.24) is 4.31 Å². The van der Waals surface area contributed by atoms with Crippen molar-refractivity contribution in [2.45, 2.75) is 23.5 Å². The topological polar surface area (TPSA) is 80.5 Å². The van der Waals surface area contributed by atoms with Crippen LogP contribution in [0.4, 0.5) is 4.39 Å². The van der Waals surface area contributed by atoms with Crippen LogP contribution in [0.1, 0.15) is 6.42 Å². The zero-order valence-electron chi connectivity index (χ0n) is 9.35. The van der Waals surface area contributed by atoms with Crippen molar-refractivity contribution < 1.29 is 17.6 Å². The maximum Gasteiger partial charge on any atom is 0.246 e. The number of hydrogen-bond acceptors (Lipinski definition) is 4. The summed E-state index contributed by atoms with van der Waals surface area (Å²) in [6.07, 6.45) is -1.68. The third-order valence-electron chi connectivity index (χ3n) is 2.75. The second-order valence-corrected chi connectivity index (χ2v) is 8.16. The zero-order valence-corrected chi connectivity index (χ0v) is 12.5. The summed E-state index contributed by atoms with van der Waals surface area (Å²) in [5, 5.41) is 0. The molecule has 0 aliphatic carbocycles. The molecule has 0 radical (unpaired) electrons. The molecule has 19 heavy (non-hydrogen) atoms. The molecule has 2 rings (SSSR count). The molecule has 1 aliphatic heterocycles. The molecule has 0 aromatic carbocycles. The summed E-state index contributed by atoms with van der Waals surface area (Å²) in [6, 6.07) is -0.0252. The van der Waals surface area contributed by atoms with Crippen molar-refractivity contribution in [3.63, 3.8) is 0 Å². The fourth-order valence-corrected chi connectivity index (χ4v) is 5.66. The van der Waals surface area contributed by atoms with Crippen LogP contribution >= 0.6 is 34.5 Å². The summed E-state index contributed by atoms with van der Waals surface area (Å²) in [5.41, 5.74) is 5.10. The SMILES string of the molecule is NC(=O)[C@@H]1C[C@@H](F)CN1S(=O)(=O)c1cc(Cl)sc1Cl. The summed E-state index contributed by atoms with van der Waals surface area (Å²) in [5.74, 6) is -0.888. The van der Waals surface area contributed by atoms with Gasteiger partial charge in [0.15, 0.2) is 0 Å². The van der Waals surface area contributed by atoms with Gasteiger partial charge in [-0.3, -0.25) is 4.79 Å². The number of sulfonamides is 1. The maximum atomic E-state index is 13.4. The van der Waals surface area contributed by atoms with Gasteiger partial charge in [-0.2, -0.15) is 4.31 Å². The van der Waals surface area contributed by atoms with Crippen molar-refractivity contribution in [1.29, 1.82) is 0 Å². The molecule has 5 nitrogen and oxygen atoms in total. The molecule has 1 fully saturated rings. The predicted molar refractivity (Wildman–Crippen MR) is 70.7 cm³/mol. The van der Waals surface area contributed by atoms with E-state index in [1.165, 1.54) is 6.07 Å². The van der Waals surface area contributed by atoms with Gasteiger partial charge in [-0.15, -0.1) is 11.3 Å². The number of nitrogens with zero attached hydrogens (tertiary/aromatic N) is 1. The van der Waals surface area contributed by atoms with Gasteiger partial charge in [0.1, 0.15) is 21.4 Å². The van der Waals surface area contributed by atoms with Gasteiger partial charge in [-0.1, -0.05) is 23.2 Å². The first-order valence-corrected chi connectivity index (χ1v) is 8.14. The quantitative estimate of drug-likeness (QED) is 0.903. The number of carbonyl (C=O) groups is 1. The Morgan fingerprint density at radius 2 is 2.16 bits per heavy atom. The Morgan fingerprint density at radius 1 is 1.53 bits per heavy atom. The number of carbonyl (C=O) groups excluding carboxylic acids is 1. The summed E-state index contributed by atoms with van der Waals surface area (Å²) in [6.45, 7) is -0.417. The van der Waals surface area contributed by atoms with E-state index < -0.39 is 34.7 Å². The highest BCUT2D eigenvalue weighted by Gasteiger charge is 2.44. The molecule has 106 valence electrons. The van der Waals surface area contributed by atoms with Crippen molar-refractivity contribution >= 4 is 50.5 Å². The number of amides is 1. The lowest BCUT2D eigenvalue weighted by atomic mass is 10.2. The van der Waals surface area contributed by atoms with Gasteiger partial charge in [-0.25, -0.2) is 12.8 Å². The van der Waals surface area contributed by atoms with E-state index in [0.29, 0.717) is 0 Å².